The molecule has 0 bridgehead atoms. The number of fused-ring (bicyclic) bond motifs is 1. The summed E-state index contributed by atoms with van der Waals surface area (Å²) < 4.78 is 33.6. The van der Waals surface area contributed by atoms with E-state index in [1.807, 2.05) is 23.1 Å². The quantitative estimate of drug-likeness (QED) is 0.635. The third-order valence-electron chi connectivity index (χ3n) is 5.50. The van der Waals surface area contributed by atoms with Crippen molar-refractivity contribution in [3.8, 4) is 11.5 Å². The first-order chi connectivity index (χ1) is 14.4. The van der Waals surface area contributed by atoms with E-state index < -0.39 is 27.8 Å². The summed E-state index contributed by atoms with van der Waals surface area (Å²) in [6, 6.07) is 4.88. The van der Waals surface area contributed by atoms with Crippen molar-refractivity contribution in [3.05, 3.63) is 23.8 Å². The van der Waals surface area contributed by atoms with E-state index >= 15 is 0 Å². The standard InChI is InChI=1S/C19H26N4O6S/c24-18(21-19(25)20-15-3-8-30(26,27)12-15)11-23-6-4-22(5-7-23)10-14-1-2-16-17(9-14)29-13-28-16/h1-2,9,15H,3-8,10-13H2,(H2,20,21,24,25)/t15-/m0/s1. The Bertz CT molecular complexity index is 914. The molecule has 1 aromatic rings. The molecule has 2 N–H and O–H groups in total. The zero-order chi connectivity index (χ0) is 21.1. The average molecular weight is 439 g/mol. The largest absolute Gasteiger partial charge is 0.454 e. The van der Waals surface area contributed by atoms with Gasteiger partial charge in [-0.1, -0.05) is 6.07 Å². The molecule has 2 saturated heterocycles. The maximum atomic E-state index is 12.1. The van der Waals surface area contributed by atoms with E-state index in [0.29, 0.717) is 6.42 Å². The molecule has 0 radical (unpaired) electrons. The average Bonchev–Trinajstić information content (AvgIpc) is 3.28. The van der Waals surface area contributed by atoms with Gasteiger partial charge in [-0.3, -0.25) is 19.9 Å². The van der Waals surface area contributed by atoms with E-state index in [2.05, 4.69) is 15.5 Å². The van der Waals surface area contributed by atoms with Crippen molar-refractivity contribution in [2.24, 2.45) is 0 Å². The summed E-state index contributed by atoms with van der Waals surface area (Å²) in [7, 11) is -3.08. The smallest absolute Gasteiger partial charge is 0.321 e. The fraction of sp³-hybridized carbons (Fsp3) is 0.579. The van der Waals surface area contributed by atoms with E-state index in [9.17, 15) is 18.0 Å². The minimum absolute atomic E-state index is 0.0695. The van der Waals surface area contributed by atoms with Crippen LogP contribution in [0.25, 0.3) is 0 Å². The topological polar surface area (TPSA) is 117 Å². The fourth-order valence-electron chi connectivity index (χ4n) is 3.90. The van der Waals surface area contributed by atoms with Crippen LogP contribution in [0.3, 0.4) is 0 Å². The second kappa shape index (κ2) is 8.78. The molecule has 1 atom stereocenters. The fourth-order valence-corrected chi connectivity index (χ4v) is 5.58. The Labute approximate surface area is 175 Å². The van der Waals surface area contributed by atoms with Crippen molar-refractivity contribution in [1.82, 2.24) is 20.4 Å². The Morgan fingerprint density at radius 3 is 2.53 bits per heavy atom. The highest BCUT2D eigenvalue weighted by Gasteiger charge is 2.29. The SMILES string of the molecule is O=C(CN1CCN(Cc2ccc3c(c2)OCO3)CC1)NC(=O)N[C@H]1CCS(=O)(=O)C1. The van der Waals surface area contributed by atoms with Crippen LogP contribution in [0.15, 0.2) is 18.2 Å². The summed E-state index contributed by atoms with van der Waals surface area (Å²) in [6.45, 7) is 4.26. The Morgan fingerprint density at radius 1 is 1.07 bits per heavy atom. The Morgan fingerprint density at radius 2 is 1.80 bits per heavy atom. The molecule has 4 rings (SSSR count). The number of nitrogens with zero attached hydrogens (tertiary/aromatic N) is 2. The highest BCUT2D eigenvalue weighted by Crippen LogP contribution is 2.32. The zero-order valence-electron chi connectivity index (χ0n) is 16.6. The second-order valence-corrected chi connectivity index (χ2v) is 10.1. The maximum absolute atomic E-state index is 12.1. The summed E-state index contributed by atoms with van der Waals surface area (Å²) in [6.07, 6.45) is 0.384. The number of piperazine rings is 1. The first-order valence-corrected chi connectivity index (χ1v) is 11.8. The van der Waals surface area contributed by atoms with Crippen LogP contribution < -0.4 is 20.1 Å². The summed E-state index contributed by atoms with van der Waals surface area (Å²) in [4.78, 5) is 28.4. The van der Waals surface area contributed by atoms with Crippen molar-refractivity contribution in [2.75, 3.05) is 51.0 Å². The number of rotatable bonds is 5. The first-order valence-electron chi connectivity index (χ1n) is 10.0. The molecule has 2 fully saturated rings. The highest BCUT2D eigenvalue weighted by molar-refractivity contribution is 7.91. The number of hydrogen-bond donors (Lipinski definition) is 2. The number of amides is 3. The Balaban J connectivity index is 1.16. The molecule has 11 heteroatoms. The lowest BCUT2D eigenvalue weighted by Gasteiger charge is -2.34. The monoisotopic (exact) mass is 438 g/mol. The minimum Gasteiger partial charge on any atom is -0.454 e. The van der Waals surface area contributed by atoms with Gasteiger partial charge in [0.15, 0.2) is 21.3 Å². The number of hydrogen-bond acceptors (Lipinski definition) is 8. The first kappa shape index (κ1) is 20.9. The number of ether oxygens (including phenoxy) is 2. The summed E-state index contributed by atoms with van der Waals surface area (Å²) in [5, 5.41) is 4.85. The summed E-state index contributed by atoms with van der Waals surface area (Å²) >= 11 is 0. The molecule has 10 nitrogen and oxygen atoms in total. The van der Waals surface area contributed by atoms with Crippen LogP contribution in [0.1, 0.15) is 12.0 Å². The molecule has 3 aliphatic rings. The summed E-state index contributed by atoms with van der Waals surface area (Å²) in [5.41, 5.74) is 1.15. The Hall–Kier alpha value is -2.37. The van der Waals surface area contributed by atoms with Crippen LogP contribution in [0.5, 0.6) is 11.5 Å². The van der Waals surface area contributed by atoms with Gasteiger partial charge in [-0.2, -0.15) is 0 Å². The van der Waals surface area contributed by atoms with Crippen LogP contribution in [0, 0.1) is 0 Å². The highest BCUT2D eigenvalue weighted by atomic mass is 32.2. The number of imide groups is 1. The third kappa shape index (κ3) is 5.41. The predicted octanol–water partition coefficient (Wildman–Crippen LogP) is -0.454. The van der Waals surface area contributed by atoms with Gasteiger partial charge in [-0.05, 0) is 24.1 Å². The maximum Gasteiger partial charge on any atom is 0.321 e. The molecule has 3 heterocycles. The molecule has 164 valence electrons. The molecule has 0 saturated carbocycles. The number of carbonyl (C=O) groups excluding carboxylic acids is 2. The van der Waals surface area contributed by atoms with Gasteiger partial charge in [0.1, 0.15) is 0 Å². The molecule has 0 spiro atoms. The molecule has 3 aliphatic heterocycles. The molecule has 30 heavy (non-hydrogen) atoms. The van der Waals surface area contributed by atoms with Gasteiger partial charge < -0.3 is 14.8 Å². The van der Waals surface area contributed by atoms with Gasteiger partial charge >= 0.3 is 6.03 Å². The van der Waals surface area contributed by atoms with Gasteiger partial charge in [-0.15, -0.1) is 0 Å². The van der Waals surface area contributed by atoms with E-state index in [1.165, 1.54) is 0 Å². The van der Waals surface area contributed by atoms with Crippen LogP contribution in [-0.4, -0.2) is 87.2 Å². The van der Waals surface area contributed by atoms with Crippen molar-refractivity contribution in [2.45, 2.75) is 19.0 Å². The molecule has 1 aromatic carbocycles. The van der Waals surface area contributed by atoms with Crippen molar-refractivity contribution >= 4 is 21.8 Å². The van der Waals surface area contributed by atoms with E-state index in [4.69, 9.17) is 9.47 Å². The predicted molar refractivity (Wildman–Crippen MR) is 108 cm³/mol. The molecule has 0 aromatic heterocycles. The number of carbonyl (C=O) groups is 2. The van der Waals surface area contributed by atoms with Crippen LogP contribution in [0.4, 0.5) is 4.79 Å². The molecule has 3 amide bonds. The lowest BCUT2D eigenvalue weighted by Crippen LogP contribution is -2.51. The number of nitrogens with one attached hydrogen (secondary N) is 2. The second-order valence-electron chi connectivity index (χ2n) is 7.86. The number of sulfone groups is 1. The van der Waals surface area contributed by atoms with Crippen molar-refractivity contribution < 1.29 is 27.5 Å². The van der Waals surface area contributed by atoms with E-state index in [-0.39, 0.29) is 24.8 Å². The van der Waals surface area contributed by atoms with Gasteiger partial charge in [0.25, 0.3) is 0 Å². The van der Waals surface area contributed by atoms with Crippen LogP contribution in [-0.2, 0) is 21.2 Å². The number of urea groups is 1. The third-order valence-corrected chi connectivity index (χ3v) is 7.26. The Kier molecular flexibility index (Phi) is 6.11. The minimum atomic E-state index is -3.08. The molecular weight excluding hydrogens is 412 g/mol. The molecule has 0 unspecified atom stereocenters. The van der Waals surface area contributed by atoms with Crippen molar-refractivity contribution in [3.63, 3.8) is 0 Å². The number of benzene rings is 1. The summed E-state index contributed by atoms with van der Waals surface area (Å²) in [5.74, 6) is 1.16. The lowest BCUT2D eigenvalue weighted by molar-refractivity contribution is -0.121. The molecular formula is C19H26N4O6S. The van der Waals surface area contributed by atoms with E-state index in [1.54, 1.807) is 0 Å². The van der Waals surface area contributed by atoms with E-state index in [0.717, 1.165) is 49.8 Å². The molecule has 0 aliphatic carbocycles. The van der Waals surface area contributed by atoms with Gasteiger partial charge in [0.05, 0.1) is 18.1 Å². The van der Waals surface area contributed by atoms with Crippen molar-refractivity contribution in [1.29, 1.82) is 0 Å². The van der Waals surface area contributed by atoms with Crippen LogP contribution >= 0.6 is 0 Å². The van der Waals surface area contributed by atoms with Gasteiger partial charge in [0.2, 0.25) is 12.7 Å². The van der Waals surface area contributed by atoms with Crippen LogP contribution in [0.2, 0.25) is 0 Å². The normalized spacial score (nSPS) is 23.3. The zero-order valence-corrected chi connectivity index (χ0v) is 17.4. The van der Waals surface area contributed by atoms with Gasteiger partial charge in [-0.25, -0.2) is 13.2 Å². The lowest BCUT2D eigenvalue weighted by atomic mass is 10.1. The van der Waals surface area contributed by atoms with Gasteiger partial charge in [0, 0.05) is 38.8 Å².